The lowest BCUT2D eigenvalue weighted by molar-refractivity contribution is -0.143. The molecular formula is C26H39N7O5. The fourth-order valence-electron chi connectivity index (χ4n) is 3.87. The third-order valence-corrected chi connectivity index (χ3v) is 6.06. The molecule has 0 aliphatic carbocycles. The molecule has 208 valence electrons. The lowest BCUT2D eigenvalue weighted by atomic mass is 10.0. The number of rotatable bonds is 16. The van der Waals surface area contributed by atoms with Crippen molar-refractivity contribution in [3.05, 3.63) is 54.1 Å². The predicted octanol–water partition coefficient (Wildman–Crippen LogP) is -0.154. The third-order valence-electron chi connectivity index (χ3n) is 6.06. The Kier molecular flexibility index (Phi) is 12.4. The highest BCUT2D eigenvalue weighted by molar-refractivity contribution is 5.94. The zero-order valence-corrected chi connectivity index (χ0v) is 21.9. The Labute approximate surface area is 222 Å². The van der Waals surface area contributed by atoms with Crippen molar-refractivity contribution in [2.24, 2.45) is 17.4 Å². The molecule has 2 rings (SSSR count). The Bertz CT molecular complexity index is 1030. The number of H-pyrrole nitrogens is 1. The molecule has 0 spiro atoms. The average molecular weight is 530 g/mol. The number of nitrogens with one attached hydrogen (secondary N) is 4. The van der Waals surface area contributed by atoms with Crippen LogP contribution < -0.4 is 27.4 Å². The summed E-state index contributed by atoms with van der Waals surface area (Å²) < 4.78 is 0. The molecule has 12 heteroatoms. The predicted molar refractivity (Wildman–Crippen MR) is 142 cm³/mol. The molecular weight excluding hydrogens is 490 g/mol. The van der Waals surface area contributed by atoms with Gasteiger partial charge in [-0.15, -0.1) is 0 Å². The van der Waals surface area contributed by atoms with E-state index in [0.717, 1.165) is 5.56 Å². The van der Waals surface area contributed by atoms with Crippen LogP contribution in [0.15, 0.2) is 42.9 Å². The molecule has 0 saturated carbocycles. The van der Waals surface area contributed by atoms with E-state index in [0.29, 0.717) is 31.5 Å². The standard InChI is InChI=1S/C26H39N7O5/c1-16(2)22(26(37)38)33-25(36)21(13-18-14-29-15-30-18)32-24(35)20(10-6-7-11-27)31-23(34)19(28)12-17-8-4-3-5-9-17/h3-5,8-9,14-16,19-22H,6-7,10-13,27-28H2,1-2H3,(H,29,30)(H,31,34)(H,32,35)(H,33,36)(H,37,38). The van der Waals surface area contributed by atoms with Crippen molar-refractivity contribution in [1.29, 1.82) is 0 Å². The fraction of sp³-hybridized carbons (Fsp3) is 0.500. The number of aromatic amines is 1. The van der Waals surface area contributed by atoms with E-state index in [1.165, 1.54) is 12.5 Å². The number of carboxylic acid groups (broad SMARTS) is 1. The topological polar surface area (TPSA) is 205 Å². The van der Waals surface area contributed by atoms with Gasteiger partial charge in [-0.1, -0.05) is 44.2 Å². The minimum Gasteiger partial charge on any atom is -0.480 e. The van der Waals surface area contributed by atoms with Crippen LogP contribution >= 0.6 is 0 Å². The molecule has 1 heterocycles. The number of nitrogens with two attached hydrogens (primary N) is 2. The summed E-state index contributed by atoms with van der Waals surface area (Å²) in [7, 11) is 0. The monoisotopic (exact) mass is 529 g/mol. The summed E-state index contributed by atoms with van der Waals surface area (Å²) in [6, 6.07) is 5.18. The van der Waals surface area contributed by atoms with Crippen LogP contribution in [0.5, 0.6) is 0 Å². The van der Waals surface area contributed by atoms with Gasteiger partial charge in [0.05, 0.1) is 12.4 Å². The van der Waals surface area contributed by atoms with Gasteiger partial charge in [-0.3, -0.25) is 14.4 Å². The van der Waals surface area contributed by atoms with Gasteiger partial charge in [0.25, 0.3) is 0 Å². The summed E-state index contributed by atoms with van der Waals surface area (Å²) in [6.45, 7) is 3.76. The molecule has 12 nitrogen and oxygen atoms in total. The summed E-state index contributed by atoms with van der Waals surface area (Å²) in [5.41, 5.74) is 13.2. The normalized spacial score (nSPS) is 14.2. The minimum absolute atomic E-state index is 0.0407. The molecule has 2 aromatic rings. The van der Waals surface area contributed by atoms with E-state index in [1.807, 2.05) is 30.3 Å². The van der Waals surface area contributed by atoms with Crippen molar-refractivity contribution in [3.63, 3.8) is 0 Å². The molecule has 0 radical (unpaired) electrons. The quantitative estimate of drug-likeness (QED) is 0.145. The molecule has 38 heavy (non-hydrogen) atoms. The first kappa shape index (κ1) is 30.5. The highest BCUT2D eigenvalue weighted by atomic mass is 16.4. The molecule has 4 unspecified atom stereocenters. The van der Waals surface area contributed by atoms with Gasteiger partial charge in [0, 0.05) is 18.3 Å². The van der Waals surface area contributed by atoms with Gasteiger partial charge in [0.2, 0.25) is 17.7 Å². The molecule has 0 aliphatic rings. The summed E-state index contributed by atoms with van der Waals surface area (Å²) >= 11 is 0. The van der Waals surface area contributed by atoms with Crippen LogP contribution in [0.3, 0.4) is 0 Å². The molecule has 1 aromatic heterocycles. The first-order valence-corrected chi connectivity index (χ1v) is 12.7. The number of hydrogen-bond acceptors (Lipinski definition) is 7. The first-order valence-electron chi connectivity index (χ1n) is 12.7. The number of amides is 3. The maximum atomic E-state index is 13.3. The number of carbonyl (C=O) groups excluding carboxylic acids is 3. The fourth-order valence-corrected chi connectivity index (χ4v) is 3.87. The Morgan fingerprint density at radius 1 is 0.947 bits per heavy atom. The average Bonchev–Trinajstić information content (AvgIpc) is 3.39. The molecule has 4 atom stereocenters. The lowest BCUT2D eigenvalue weighted by Crippen LogP contribution is -2.58. The van der Waals surface area contributed by atoms with Crippen molar-refractivity contribution >= 4 is 23.7 Å². The zero-order chi connectivity index (χ0) is 28.1. The number of imidazole rings is 1. The maximum absolute atomic E-state index is 13.3. The first-order chi connectivity index (χ1) is 18.1. The molecule has 0 bridgehead atoms. The van der Waals surface area contributed by atoms with Crippen molar-refractivity contribution in [2.45, 2.75) is 70.1 Å². The van der Waals surface area contributed by atoms with Gasteiger partial charge in [-0.2, -0.15) is 0 Å². The molecule has 0 saturated heterocycles. The van der Waals surface area contributed by atoms with E-state index >= 15 is 0 Å². The van der Waals surface area contributed by atoms with Gasteiger partial charge >= 0.3 is 5.97 Å². The maximum Gasteiger partial charge on any atom is 0.326 e. The van der Waals surface area contributed by atoms with Crippen molar-refractivity contribution < 1.29 is 24.3 Å². The minimum atomic E-state index is -1.18. The smallest absolute Gasteiger partial charge is 0.326 e. The number of benzene rings is 1. The Hall–Kier alpha value is -3.77. The van der Waals surface area contributed by atoms with Crippen LogP contribution in [0.1, 0.15) is 44.4 Å². The molecule has 1 aromatic carbocycles. The van der Waals surface area contributed by atoms with Gasteiger partial charge in [-0.05, 0) is 43.7 Å². The second-order valence-corrected chi connectivity index (χ2v) is 9.55. The van der Waals surface area contributed by atoms with Gasteiger partial charge in [-0.25, -0.2) is 9.78 Å². The number of carbonyl (C=O) groups is 4. The number of unbranched alkanes of at least 4 members (excludes halogenated alkanes) is 1. The second-order valence-electron chi connectivity index (χ2n) is 9.55. The summed E-state index contributed by atoms with van der Waals surface area (Å²) in [5.74, 6) is -3.31. The van der Waals surface area contributed by atoms with Crippen LogP contribution in [-0.2, 0) is 32.0 Å². The van der Waals surface area contributed by atoms with E-state index in [-0.39, 0.29) is 18.8 Å². The SMILES string of the molecule is CC(C)C(NC(=O)C(Cc1cnc[nH]1)NC(=O)C(CCCCN)NC(=O)C(N)Cc1ccccc1)C(=O)O. The lowest BCUT2D eigenvalue weighted by Gasteiger charge is -2.26. The van der Waals surface area contributed by atoms with Crippen LogP contribution in [0.2, 0.25) is 0 Å². The number of hydrogen-bond donors (Lipinski definition) is 7. The third kappa shape index (κ3) is 9.94. The number of carboxylic acids is 1. The number of aromatic nitrogens is 2. The Morgan fingerprint density at radius 3 is 2.18 bits per heavy atom. The zero-order valence-electron chi connectivity index (χ0n) is 21.9. The molecule has 9 N–H and O–H groups in total. The van der Waals surface area contributed by atoms with E-state index in [1.54, 1.807) is 13.8 Å². The largest absolute Gasteiger partial charge is 0.480 e. The van der Waals surface area contributed by atoms with Crippen molar-refractivity contribution in [1.82, 2.24) is 25.9 Å². The highest BCUT2D eigenvalue weighted by Gasteiger charge is 2.31. The summed E-state index contributed by atoms with van der Waals surface area (Å²) in [4.78, 5) is 57.7. The van der Waals surface area contributed by atoms with Gasteiger partial charge < -0.3 is 37.5 Å². The van der Waals surface area contributed by atoms with Crippen LogP contribution in [0.4, 0.5) is 0 Å². The summed E-state index contributed by atoms with van der Waals surface area (Å²) in [6.07, 6.45) is 4.77. The Morgan fingerprint density at radius 2 is 1.61 bits per heavy atom. The van der Waals surface area contributed by atoms with Crippen LogP contribution in [0, 0.1) is 5.92 Å². The van der Waals surface area contributed by atoms with Crippen molar-refractivity contribution in [3.8, 4) is 0 Å². The van der Waals surface area contributed by atoms with E-state index in [9.17, 15) is 24.3 Å². The van der Waals surface area contributed by atoms with Crippen LogP contribution in [-0.4, -0.2) is 69.5 Å². The summed E-state index contributed by atoms with van der Waals surface area (Å²) in [5, 5.41) is 17.4. The van der Waals surface area contributed by atoms with Gasteiger partial charge in [0.15, 0.2) is 0 Å². The van der Waals surface area contributed by atoms with E-state index in [2.05, 4.69) is 25.9 Å². The molecule has 0 fully saturated rings. The molecule has 3 amide bonds. The van der Waals surface area contributed by atoms with Crippen molar-refractivity contribution in [2.75, 3.05) is 6.54 Å². The molecule has 0 aliphatic heterocycles. The number of aliphatic carboxylic acids is 1. The Balaban J connectivity index is 2.16. The van der Waals surface area contributed by atoms with E-state index in [4.69, 9.17) is 11.5 Å². The van der Waals surface area contributed by atoms with E-state index < -0.39 is 47.9 Å². The van der Waals surface area contributed by atoms with Crippen LogP contribution in [0.25, 0.3) is 0 Å². The number of nitrogens with zero attached hydrogens (tertiary/aromatic N) is 1. The second kappa shape index (κ2) is 15.5. The highest BCUT2D eigenvalue weighted by Crippen LogP contribution is 2.08. The van der Waals surface area contributed by atoms with Gasteiger partial charge in [0.1, 0.15) is 18.1 Å².